The molecule has 3 amide bonds. The van der Waals surface area contributed by atoms with E-state index in [2.05, 4.69) is 21.6 Å². The number of nitrogens with zero attached hydrogens (tertiary/aromatic N) is 4. The van der Waals surface area contributed by atoms with Gasteiger partial charge in [-0.15, -0.1) is 0 Å². The zero-order valence-corrected chi connectivity index (χ0v) is 20.7. The Morgan fingerprint density at radius 3 is 2.49 bits per heavy atom. The van der Waals surface area contributed by atoms with Crippen molar-refractivity contribution >= 4 is 28.6 Å². The summed E-state index contributed by atoms with van der Waals surface area (Å²) in [5.74, 6) is -4.51. The normalized spacial score (nSPS) is 23.6. The van der Waals surface area contributed by atoms with E-state index in [9.17, 15) is 32.8 Å². The van der Waals surface area contributed by atoms with Crippen LogP contribution in [0.3, 0.4) is 0 Å². The molecule has 0 spiro atoms. The largest absolute Gasteiger partial charge is 0.471 e. The number of likely N-dealkylation sites (tertiary alicyclic amines) is 1. The van der Waals surface area contributed by atoms with Gasteiger partial charge < -0.3 is 15.5 Å². The second-order valence-electron chi connectivity index (χ2n) is 10.5. The van der Waals surface area contributed by atoms with Crippen LogP contribution in [-0.2, 0) is 14.4 Å². The first kappa shape index (κ1) is 26.3. The molecule has 196 valence electrons. The minimum atomic E-state index is -5.15. The second-order valence-corrected chi connectivity index (χ2v) is 10.5. The predicted molar refractivity (Wildman–Crippen MR) is 125 cm³/mol. The van der Waals surface area contributed by atoms with E-state index >= 15 is 0 Å². The molecule has 1 aliphatic heterocycles. The molecule has 1 unspecified atom stereocenters. The maximum Gasteiger partial charge on any atom is 0.471 e. The van der Waals surface area contributed by atoms with Crippen LogP contribution in [0.4, 0.5) is 13.2 Å². The molecular formula is C25H27F3N6O3. The minimum Gasteiger partial charge on any atom is -0.336 e. The lowest BCUT2D eigenvalue weighted by atomic mass is 9.96. The summed E-state index contributed by atoms with van der Waals surface area (Å²) in [5, 5.41) is 22.9. The minimum absolute atomic E-state index is 0.0395. The monoisotopic (exact) mass is 516 g/mol. The number of rotatable bonds is 6. The summed E-state index contributed by atoms with van der Waals surface area (Å²) in [7, 11) is 0. The number of halogens is 3. The predicted octanol–water partition coefficient (Wildman–Crippen LogP) is 2.50. The van der Waals surface area contributed by atoms with Gasteiger partial charge in [0.05, 0.1) is 17.8 Å². The van der Waals surface area contributed by atoms with Crippen molar-refractivity contribution in [3.63, 3.8) is 0 Å². The fraction of sp³-hybridized carbons (Fsp3) is 0.520. The van der Waals surface area contributed by atoms with Crippen LogP contribution in [0.2, 0.25) is 0 Å². The maximum absolute atomic E-state index is 13.6. The number of aromatic nitrogens is 2. The van der Waals surface area contributed by atoms with Gasteiger partial charge >= 0.3 is 12.1 Å². The van der Waals surface area contributed by atoms with E-state index in [1.165, 1.54) is 24.9 Å². The molecule has 2 fully saturated rings. The number of hydrogen-bond donors (Lipinski definition) is 2. The smallest absolute Gasteiger partial charge is 0.336 e. The molecule has 0 bridgehead atoms. The molecule has 1 aromatic carbocycles. The van der Waals surface area contributed by atoms with Gasteiger partial charge in [-0.1, -0.05) is 45.9 Å². The van der Waals surface area contributed by atoms with Gasteiger partial charge in [-0.2, -0.15) is 28.6 Å². The van der Waals surface area contributed by atoms with Crippen molar-refractivity contribution in [3.8, 4) is 6.07 Å². The summed E-state index contributed by atoms with van der Waals surface area (Å²) < 4.78 is 38.7. The Morgan fingerprint density at radius 2 is 1.86 bits per heavy atom. The zero-order valence-electron chi connectivity index (χ0n) is 20.7. The number of nitriles is 1. The summed E-state index contributed by atoms with van der Waals surface area (Å²) in [6, 6.07) is 5.48. The van der Waals surface area contributed by atoms with Crippen molar-refractivity contribution in [1.82, 2.24) is 25.7 Å². The highest BCUT2D eigenvalue weighted by Gasteiger charge is 2.69. The fourth-order valence-corrected chi connectivity index (χ4v) is 5.39. The van der Waals surface area contributed by atoms with Crippen LogP contribution < -0.4 is 10.6 Å². The molecule has 1 aliphatic carbocycles. The quantitative estimate of drug-likeness (QED) is 0.607. The second kappa shape index (κ2) is 9.28. The first-order valence-electron chi connectivity index (χ1n) is 11.9. The van der Waals surface area contributed by atoms with Crippen molar-refractivity contribution < 1.29 is 27.6 Å². The molecule has 0 radical (unpaired) electrons. The van der Waals surface area contributed by atoms with E-state index in [0.29, 0.717) is 16.5 Å². The van der Waals surface area contributed by atoms with Crippen molar-refractivity contribution in [2.45, 2.75) is 52.0 Å². The highest BCUT2D eigenvalue weighted by molar-refractivity contribution is 5.95. The van der Waals surface area contributed by atoms with Crippen LogP contribution in [0.25, 0.3) is 10.9 Å². The molecule has 9 nitrogen and oxygen atoms in total. The summed E-state index contributed by atoms with van der Waals surface area (Å²) in [6.07, 6.45) is -3.76. The van der Waals surface area contributed by atoms with E-state index in [1.54, 1.807) is 29.6 Å². The molecule has 1 saturated heterocycles. The number of amides is 3. The van der Waals surface area contributed by atoms with Crippen molar-refractivity contribution in [3.05, 3.63) is 36.0 Å². The standard InChI is InChI=1S/C25H27F3N6O3/c1-12(2)19(32-23(37)25(26,27)28)22(36)34-11-15-18(24(15,3)4)20(34)21(35)31-17(9-29)14-10-30-33-16-8-6-5-7-13(14)16/h5-8,10,12,15,17-20H,11H2,1-4H3,(H,31,35)(H,32,37)/t15-,17?,18-,19-,20-/m0/s1. The highest BCUT2D eigenvalue weighted by Crippen LogP contribution is 2.65. The van der Waals surface area contributed by atoms with Crippen LogP contribution >= 0.6 is 0 Å². The Hall–Kier alpha value is -3.75. The third-order valence-electron chi connectivity index (χ3n) is 7.54. The third-order valence-corrected chi connectivity index (χ3v) is 7.54. The van der Waals surface area contributed by atoms with E-state index in [1.807, 2.05) is 13.8 Å². The van der Waals surface area contributed by atoms with Gasteiger partial charge in [0, 0.05) is 17.5 Å². The molecule has 2 N–H and O–H groups in total. The van der Waals surface area contributed by atoms with Gasteiger partial charge in [-0.05, 0) is 29.2 Å². The van der Waals surface area contributed by atoms with Gasteiger partial charge in [0.15, 0.2) is 0 Å². The molecule has 1 aromatic heterocycles. The Bertz CT molecular complexity index is 1280. The average Bonchev–Trinajstić information content (AvgIpc) is 3.17. The van der Waals surface area contributed by atoms with E-state index in [-0.39, 0.29) is 23.8 Å². The molecule has 37 heavy (non-hydrogen) atoms. The number of carbonyl (C=O) groups excluding carboxylic acids is 3. The Morgan fingerprint density at radius 1 is 1.19 bits per heavy atom. The summed E-state index contributed by atoms with van der Waals surface area (Å²) >= 11 is 0. The number of carbonyl (C=O) groups is 3. The molecule has 5 atom stereocenters. The Kier molecular flexibility index (Phi) is 6.60. The molecule has 2 heterocycles. The van der Waals surface area contributed by atoms with Crippen LogP contribution in [0.15, 0.2) is 30.5 Å². The first-order valence-corrected chi connectivity index (χ1v) is 11.9. The molecule has 4 rings (SSSR count). The van der Waals surface area contributed by atoms with Crippen molar-refractivity contribution in [2.75, 3.05) is 6.54 Å². The average molecular weight is 517 g/mol. The number of benzene rings is 1. The molecule has 2 aromatic rings. The Balaban J connectivity index is 1.61. The van der Waals surface area contributed by atoms with Gasteiger partial charge in [-0.3, -0.25) is 14.4 Å². The van der Waals surface area contributed by atoms with Crippen LogP contribution in [0.1, 0.15) is 39.3 Å². The summed E-state index contributed by atoms with van der Waals surface area (Å²) in [4.78, 5) is 39.9. The highest BCUT2D eigenvalue weighted by atomic mass is 19.4. The van der Waals surface area contributed by atoms with Gasteiger partial charge in [0.2, 0.25) is 11.8 Å². The molecule has 2 aliphatic rings. The maximum atomic E-state index is 13.6. The van der Waals surface area contributed by atoms with Gasteiger partial charge in [0.1, 0.15) is 18.1 Å². The summed E-state index contributed by atoms with van der Waals surface area (Å²) in [6.45, 7) is 7.11. The van der Waals surface area contributed by atoms with Gasteiger partial charge in [0.25, 0.3) is 0 Å². The fourth-order valence-electron chi connectivity index (χ4n) is 5.39. The van der Waals surface area contributed by atoms with Crippen molar-refractivity contribution in [2.24, 2.45) is 23.2 Å². The SMILES string of the molecule is CC(C)[C@H](NC(=O)C(F)(F)F)C(=O)N1C[C@H]2[C@@H]([C@H]1C(=O)NC(C#N)c1cnnc3ccccc13)C2(C)C. The van der Waals surface area contributed by atoms with Crippen LogP contribution in [0, 0.1) is 34.5 Å². The first-order chi connectivity index (χ1) is 17.3. The Labute approximate surface area is 211 Å². The number of alkyl halides is 3. The molecule has 1 saturated carbocycles. The molecule has 12 heteroatoms. The lowest BCUT2D eigenvalue weighted by Crippen LogP contribution is -2.58. The number of nitrogens with one attached hydrogen (secondary N) is 2. The van der Waals surface area contributed by atoms with Crippen LogP contribution in [0.5, 0.6) is 0 Å². The van der Waals surface area contributed by atoms with Crippen LogP contribution in [-0.4, -0.2) is 57.6 Å². The number of fused-ring (bicyclic) bond motifs is 2. The van der Waals surface area contributed by atoms with Gasteiger partial charge in [-0.25, -0.2) is 0 Å². The topological polar surface area (TPSA) is 128 Å². The van der Waals surface area contributed by atoms with E-state index < -0.39 is 47.9 Å². The number of piperidine rings is 1. The lowest BCUT2D eigenvalue weighted by molar-refractivity contribution is -0.175. The summed E-state index contributed by atoms with van der Waals surface area (Å²) in [5.41, 5.74) is 0.700. The van der Waals surface area contributed by atoms with E-state index in [4.69, 9.17) is 0 Å². The zero-order chi connectivity index (χ0) is 27.3. The third kappa shape index (κ3) is 4.70. The van der Waals surface area contributed by atoms with Crippen molar-refractivity contribution in [1.29, 1.82) is 5.26 Å². The lowest BCUT2D eigenvalue weighted by Gasteiger charge is -2.34. The molecular weight excluding hydrogens is 489 g/mol. The van der Waals surface area contributed by atoms with E-state index in [0.717, 1.165) is 0 Å². The number of hydrogen-bond acceptors (Lipinski definition) is 6.